The first kappa shape index (κ1) is 21.6. The molecule has 3 aromatic rings. The van der Waals surface area contributed by atoms with Gasteiger partial charge in [0.05, 0.1) is 0 Å². The molecule has 172 valence electrons. The summed E-state index contributed by atoms with van der Waals surface area (Å²) in [6, 6.07) is 6.40. The molecule has 1 aliphatic rings. The average molecular weight is 458 g/mol. The minimum Gasteiger partial charge on any atom is -0.508 e. The molecule has 2 unspecified atom stereocenters. The van der Waals surface area contributed by atoms with Crippen LogP contribution in [0.3, 0.4) is 0 Å². The minimum absolute atomic E-state index is 0.0435. The van der Waals surface area contributed by atoms with Crippen molar-refractivity contribution in [1.29, 1.82) is 0 Å². The van der Waals surface area contributed by atoms with Crippen LogP contribution < -0.4 is 4.74 Å². The van der Waals surface area contributed by atoms with Crippen molar-refractivity contribution in [3.63, 3.8) is 0 Å². The average Bonchev–Trinajstić information content (AvgIpc) is 2.75. The number of phenols is 8. The molecule has 0 saturated heterocycles. The molecule has 0 saturated carbocycles. The molecule has 0 spiro atoms. The smallest absolute Gasteiger partial charge is 0.342 e. The number of carbonyl (C=O) groups is 1. The van der Waals surface area contributed by atoms with E-state index < -0.39 is 58.2 Å². The zero-order valence-electron chi connectivity index (χ0n) is 16.6. The lowest BCUT2D eigenvalue weighted by Crippen LogP contribution is -2.34. The Morgan fingerprint density at radius 1 is 0.788 bits per heavy atom. The van der Waals surface area contributed by atoms with Crippen molar-refractivity contribution in [1.82, 2.24) is 0 Å². The minimum atomic E-state index is -1.21. The van der Waals surface area contributed by atoms with Gasteiger partial charge in [-0.3, -0.25) is 0 Å². The summed E-state index contributed by atoms with van der Waals surface area (Å²) in [7, 11) is 0. The second-order valence-electron chi connectivity index (χ2n) is 7.37. The predicted octanol–water partition coefficient (Wildman–Crippen LogP) is 2.23. The highest BCUT2D eigenvalue weighted by Crippen LogP contribution is 2.46. The summed E-state index contributed by atoms with van der Waals surface area (Å²) < 4.78 is 11.3. The van der Waals surface area contributed by atoms with E-state index in [9.17, 15) is 45.6 Å². The third-order valence-electron chi connectivity index (χ3n) is 5.20. The first-order valence-electron chi connectivity index (χ1n) is 9.48. The fourth-order valence-corrected chi connectivity index (χ4v) is 3.56. The summed E-state index contributed by atoms with van der Waals surface area (Å²) in [5.41, 5.74) is -0.208. The number of aromatic hydroxyl groups is 8. The molecular weight excluding hydrogens is 440 g/mol. The molecule has 11 heteroatoms. The number of phenolic OH excluding ortho intramolecular Hbond substituents is 8. The maximum Gasteiger partial charge on any atom is 0.342 e. The van der Waals surface area contributed by atoms with E-state index in [0.717, 1.165) is 30.3 Å². The molecule has 4 rings (SSSR count). The van der Waals surface area contributed by atoms with E-state index in [1.165, 1.54) is 6.07 Å². The van der Waals surface area contributed by atoms with Gasteiger partial charge >= 0.3 is 5.97 Å². The molecule has 1 heterocycles. The molecule has 11 nitrogen and oxygen atoms in total. The number of ether oxygens (including phenoxy) is 2. The van der Waals surface area contributed by atoms with Gasteiger partial charge in [-0.05, 0) is 24.3 Å². The van der Waals surface area contributed by atoms with E-state index in [4.69, 9.17) is 9.47 Å². The quantitative estimate of drug-likeness (QED) is 0.212. The fourth-order valence-electron chi connectivity index (χ4n) is 3.56. The van der Waals surface area contributed by atoms with Gasteiger partial charge in [-0.15, -0.1) is 0 Å². The second kappa shape index (κ2) is 7.79. The van der Waals surface area contributed by atoms with E-state index in [-0.39, 0.29) is 34.8 Å². The van der Waals surface area contributed by atoms with Crippen molar-refractivity contribution in [3.05, 3.63) is 53.1 Å². The van der Waals surface area contributed by atoms with E-state index in [0.29, 0.717) is 0 Å². The Hall–Kier alpha value is -4.67. The Bertz CT molecular complexity index is 1240. The summed E-state index contributed by atoms with van der Waals surface area (Å²) in [4.78, 5) is 12.7. The van der Waals surface area contributed by atoms with Crippen molar-refractivity contribution >= 4 is 5.97 Å². The Morgan fingerprint density at radius 3 is 2.12 bits per heavy atom. The highest BCUT2D eigenvalue weighted by molar-refractivity contribution is 5.94. The number of hydrogen-bond acceptors (Lipinski definition) is 11. The van der Waals surface area contributed by atoms with Crippen molar-refractivity contribution < 1.29 is 55.1 Å². The molecule has 0 amide bonds. The maximum atomic E-state index is 12.7. The lowest BCUT2D eigenvalue weighted by Gasteiger charge is -2.34. The van der Waals surface area contributed by atoms with Crippen LogP contribution in [0.15, 0.2) is 36.4 Å². The SMILES string of the molecule is O=C(OC1Cc2c(O)cc(O)cc2OC1c1cc(O)c(O)c(O)c1)c1ccc(O)c(O)c1O. The Morgan fingerprint density at radius 2 is 1.45 bits per heavy atom. The Balaban J connectivity index is 1.76. The van der Waals surface area contributed by atoms with E-state index in [1.807, 2.05) is 0 Å². The standard InChI is InChI=1S/C22H18O11/c23-9-5-13(25)11-7-17(33-22(31)10-1-2-12(24)20(30)18(10)28)21(32-16(11)6-9)8-3-14(26)19(29)15(27)4-8/h1-6,17,21,23-30H,7H2. The molecule has 0 bridgehead atoms. The van der Waals surface area contributed by atoms with Gasteiger partial charge in [-0.1, -0.05) is 0 Å². The van der Waals surface area contributed by atoms with Gasteiger partial charge in [0.1, 0.15) is 28.9 Å². The molecule has 0 aromatic heterocycles. The molecule has 8 N–H and O–H groups in total. The number of fused-ring (bicyclic) bond motifs is 1. The van der Waals surface area contributed by atoms with Crippen molar-refractivity contribution in [2.24, 2.45) is 0 Å². The Kier molecular flexibility index (Phi) is 5.09. The topological polar surface area (TPSA) is 197 Å². The van der Waals surface area contributed by atoms with Crippen molar-refractivity contribution in [3.8, 4) is 51.7 Å². The molecule has 1 aliphatic heterocycles. The summed E-state index contributed by atoms with van der Waals surface area (Å²) in [5, 5.41) is 78.5. The first-order valence-corrected chi connectivity index (χ1v) is 9.48. The van der Waals surface area contributed by atoms with Crippen LogP contribution in [0.2, 0.25) is 0 Å². The third-order valence-corrected chi connectivity index (χ3v) is 5.20. The normalized spacial score (nSPS) is 17.1. The van der Waals surface area contributed by atoms with Gasteiger partial charge in [0, 0.05) is 29.7 Å². The highest BCUT2D eigenvalue weighted by Gasteiger charge is 2.37. The predicted molar refractivity (Wildman–Crippen MR) is 109 cm³/mol. The fraction of sp³-hybridized carbons (Fsp3) is 0.136. The van der Waals surface area contributed by atoms with Crippen LogP contribution in [-0.4, -0.2) is 52.9 Å². The van der Waals surface area contributed by atoms with Crippen molar-refractivity contribution in [2.75, 3.05) is 0 Å². The zero-order valence-corrected chi connectivity index (χ0v) is 16.6. The van der Waals surface area contributed by atoms with Crippen LogP contribution in [0.5, 0.6) is 51.7 Å². The van der Waals surface area contributed by atoms with Gasteiger partial charge in [-0.25, -0.2) is 4.79 Å². The van der Waals surface area contributed by atoms with Gasteiger partial charge in [-0.2, -0.15) is 0 Å². The van der Waals surface area contributed by atoms with Crippen LogP contribution >= 0.6 is 0 Å². The van der Waals surface area contributed by atoms with Crippen LogP contribution in [0.4, 0.5) is 0 Å². The third kappa shape index (κ3) is 3.76. The molecular formula is C22H18O11. The lowest BCUT2D eigenvalue weighted by molar-refractivity contribution is -0.0191. The summed E-state index contributed by atoms with van der Waals surface area (Å²) >= 11 is 0. The van der Waals surface area contributed by atoms with Crippen LogP contribution in [0.25, 0.3) is 0 Å². The number of carbonyl (C=O) groups excluding carboxylic acids is 1. The van der Waals surface area contributed by atoms with Crippen LogP contribution in [0, 0.1) is 0 Å². The second-order valence-corrected chi connectivity index (χ2v) is 7.37. The van der Waals surface area contributed by atoms with Gasteiger partial charge < -0.3 is 50.3 Å². The first-order chi connectivity index (χ1) is 15.6. The van der Waals surface area contributed by atoms with Gasteiger partial charge in [0.15, 0.2) is 34.9 Å². The molecule has 33 heavy (non-hydrogen) atoms. The largest absolute Gasteiger partial charge is 0.508 e. The van der Waals surface area contributed by atoms with E-state index in [1.54, 1.807) is 0 Å². The maximum absolute atomic E-state index is 12.7. The molecule has 0 radical (unpaired) electrons. The zero-order chi connectivity index (χ0) is 24.0. The van der Waals surface area contributed by atoms with Crippen LogP contribution in [0.1, 0.15) is 27.6 Å². The molecule has 0 fully saturated rings. The summed E-state index contributed by atoms with van der Waals surface area (Å²) in [6.45, 7) is 0. The summed E-state index contributed by atoms with van der Waals surface area (Å²) in [6.07, 6.45) is -2.56. The number of hydrogen-bond donors (Lipinski definition) is 8. The van der Waals surface area contributed by atoms with Crippen LogP contribution in [-0.2, 0) is 11.2 Å². The number of benzene rings is 3. The van der Waals surface area contributed by atoms with Gasteiger partial charge in [0.25, 0.3) is 0 Å². The number of rotatable bonds is 3. The lowest BCUT2D eigenvalue weighted by atomic mass is 9.93. The number of esters is 1. The molecule has 0 aliphatic carbocycles. The van der Waals surface area contributed by atoms with Crippen molar-refractivity contribution in [2.45, 2.75) is 18.6 Å². The Labute approximate surface area is 185 Å². The monoisotopic (exact) mass is 458 g/mol. The molecule has 3 aromatic carbocycles. The summed E-state index contributed by atoms with van der Waals surface area (Å²) in [5.74, 6) is -6.34. The van der Waals surface area contributed by atoms with E-state index in [2.05, 4.69) is 0 Å². The van der Waals surface area contributed by atoms with E-state index >= 15 is 0 Å². The molecule has 2 atom stereocenters. The highest BCUT2D eigenvalue weighted by atomic mass is 16.6. The van der Waals surface area contributed by atoms with Gasteiger partial charge in [0.2, 0.25) is 5.75 Å².